The van der Waals surface area contributed by atoms with Crippen molar-refractivity contribution in [2.24, 2.45) is 0 Å². The van der Waals surface area contributed by atoms with Gasteiger partial charge in [0.2, 0.25) is 0 Å². The minimum Gasteiger partial charge on any atom is -0.324 e. The predicted octanol–water partition coefficient (Wildman–Crippen LogP) is 3.81. The molecule has 108 valence electrons. The summed E-state index contributed by atoms with van der Waals surface area (Å²) in [6.07, 6.45) is -6.81. The maximum atomic E-state index is 13.4. The SMILES string of the molecule is O=P(O)(CCCC(F)(F)F)OC1CCCCC1F. The Balaban J connectivity index is 2.36. The molecule has 3 unspecified atom stereocenters. The molecule has 1 saturated carbocycles. The highest BCUT2D eigenvalue weighted by atomic mass is 31.2. The molecule has 0 amide bonds. The second kappa shape index (κ2) is 6.35. The molecule has 0 radical (unpaired) electrons. The van der Waals surface area contributed by atoms with Crippen molar-refractivity contribution in [2.45, 2.75) is 57.0 Å². The standard InChI is InChI=1S/C10H17F4O3P/c11-8-4-1-2-5-9(8)17-18(15,16)7-3-6-10(12,13)14/h8-9H,1-7H2,(H,15,16). The van der Waals surface area contributed by atoms with E-state index >= 15 is 0 Å². The van der Waals surface area contributed by atoms with E-state index in [1.165, 1.54) is 0 Å². The van der Waals surface area contributed by atoms with Crippen LogP contribution in [0.1, 0.15) is 38.5 Å². The van der Waals surface area contributed by atoms with Crippen molar-refractivity contribution in [1.82, 2.24) is 0 Å². The van der Waals surface area contributed by atoms with Crippen LogP contribution in [-0.4, -0.2) is 29.5 Å². The van der Waals surface area contributed by atoms with Crippen LogP contribution >= 0.6 is 7.60 Å². The summed E-state index contributed by atoms with van der Waals surface area (Å²) >= 11 is 0. The van der Waals surface area contributed by atoms with E-state index in [0.717, 1.165) is 0 Å². The van der Waals surface area contributed by atoms with Crippen LogP contribution in [0.15, 0.2) is 0 Å². The van der Waals surface area contributed by atoms with E-state index in [9.17, 15) is 27.0 Å². The van der Waals surface area contributed by atoms with E-state index in [2.05, 4.69) is 0 Å². The Morgan fingerprint density at radius 3 is 2.44 bits per heavy atom. The highest BCUT2D eigenvalue weighted by Gasteiger charge is 2.34. The summed E-state index contributed by atoms with van der Waals surface area (Å²) < 4.78 is 65.3. The molecule has 3 atom stereocenters. The second-order valence-electron chi connectivity index (χ2n) is 4.52. The van der Waals surface area contributed by atoms with Gasteiger partial charge in [0.05, 0.1) is 12.3 Å². The molecule has 0 aromatic carbocycles. The largest absolute Gasteiger partial charge is 0.389 e. The van der Waals surface area contributed by atoms with Gasteiger partial charge in [-0.15, -0.1) is 0 Å². The van der Waals surface area contributed by atoms with Gasteiger partial charge in [0.1, 0.15) is 6.17 Å². The highest BCUT2D eigenvalue weighted by molar-refractivity contribution is 7.52. The third-order valence-corrected chi connectivity index (χ3v) is 4.30. The van der Waals surface area contributed by atoms with Crippen molar-refractivity contribution in [3.8, 4) is 0 Å². The van der Waals surface area contributed by atoms with E-state index < -0.39 is 45.1 Å². The van der Waals surface area contributed by atoms with Gasteiger partial charge in [0.25, 0.3) is 0 Å². The zero-order valence-corrected chi connectivity index (χ0v) is 10.7. The van der Waals surface area contributed by atoms with E-state index in [1.807, 2.05) is 0 Å². The molecular formula is C10H17F4O3P. The lowest BCUT2D eigenvalue weighted by Gasteiger charge is -2.27. The van der Waals surface area contributed by atoms with Gasteiger partial charge in [-0.1, -0.05) is 12.8 Å². The monoisotopic (exact) mass is 292 g/mol. The molecule has 0 heterocycles. The molecule has 1 rings (SSSR count). The van der Waals surface area contributed by atoms with Crippen molar-refractivity contribution in [2.75, 3.05) is 6.16 Å². The Labute approximate surface area is 103 Å². The lowest BCUT2D eigenvalue weighted by atomic mass is 9.96. The first-order valence-electron chi connectivity index (χ1n) is 5.91. The van der Waals surface area contributed by atoms with E-state index in [0.29, 0.717) is 19.3 Å². The average molecular weight is 292 g/mol. The van der Waals surface area contributed by atoms with Gasteiger partial charge in [-0.2, -0.15) is 13.2 Å². The topological polar surface area (TPSA) is 46.5 Å². The highest BCUT2D eigenvalue weighted by Crippen LogP contribution is 2.47. The number of halogens is 4. The Hall–Kier alpha value is -0.130. The molecular weight excluding hydrogens is 275 g/mol. The van der Waals surface area contributed by atoms with Crippen LogP contribution < -0.4 is 0 Å². The number of hydrogen-bond donors (Lipinski definition) is 1. The summed E-state index contributed by atoms with van der Waals surface area (Å²) in [6.45, 7) is 0. The molecule has 0 aromatic rings. The fourth-order valence-corrected chi connectivity index (χ4v) is 3.24. The van der Waals surface area contributed by atoms with Crippen molar-refractivity contribution in [3.63, 3.8) is 0 Å². The molecule has 0 spiro atoms. The van der Waals surface area contributed by atoms with Gasteiger partial charge in [0, 0.05) is 6.42 Å². The first-order valence-corrected chi connectivity index (χ1v) is 7.67. The average Bonchev–Trinajstić information content (AvgIpc) is 2.18. The summed E-state index contributed by atoms with van der Waals surface area (Å²) in [5, 5.41) is 0. The smallest absolute Gasteiger partial charge is 0.324 e. The molecule has 8 heteroatoms. The lowest BCUT2D eigenvalue weighted by Crippen LogP contribution is -2.28. The van der Waals surface area contributed by atoms with Crippen LogP contribution in [0, 0.1) is 0 Å². The first-order chi connectivity index (χ1) is 8.20. The maximum absolute atomic E-state index is 13.4. The summed E-state index contributed by atoms with van der Waals surface area (Å²) in [5.74, 6) is 0. The summed E-state index contributed by atoms with van der Waals surface area (Å²) in [6, 6.07) is 0. The van der Waals surface area contributed by atoms with Crippen molar-refractivity contribution in [3.05, 3.63) is 0 Å². The van der Waals surface area contributed by atoms with Crippen LogP contribution in [-0.2, 0) is 9.09 Å². The van der Waals surface area contributed by atoms with E-state index in [-0.39, 0.29) is 6.42 Å². The van der Waals surface area contributed by atoms with Gasteiger partial charge in [-0.3, -0.25) is 4.57 Å². The zero-order valence-electron chi connectivity index (χ0n) is 9.83. The summed E-state index contributed by atoms with van der Waals surface area (Å²) in [4.78, 5) is 9.38. The normalized spacial score (nSPS) is 28.9. The second-order valence-corrected chi connectivity index (χ2v) is 6.46. The van der Waals surface area contributed by atoms with Gasteiger partial charge < -0.3 is 9.42 Å². The van der Waals surface area contributed by atoms with Crippen LogP contribution in [0.5, 0.6) is 0 Å². The first kappa shape index (κ1) is 15.9. The zero-order chi connectivity index (χ0) is 13.8. The van der Waals surface area contributed by atoms with Crippen molar-refractivity contribution >= 4 is 7.60 Å². The van der Waals surface area contributed by atoms with Crippen LogP contribution in [0.3, 0.4) is 0 Å². The third kappa shape index (κ3) is 6.16. The van der Waals surface area contributed by atoms with Crippen molar-refractivity contribution in [1.29, 1.82) is 0 Å². The Morgan fingerprint density at radius 2 is 1.89 bits per heavy atom. The quantitative estimate of drug-likeness (QED) is 0.619. The van der Waals surface area contributed by atoms with Gasteiger partial charge in [0.15, 0.2) is 0 Å². The maximum Gasteiger partial charge on any atom is 0.389 e. The van der Waals surface area contributed by atoms with Crippen LogP contribution in [0.4, 0.5) is 17.6 Å². The summed E-state index contributed by atoms with van der Waals surface area (Å²) in [7, 11) is -4.12. The lowest BCUT2D eigenvalue weighted by molar-refractivity contribution is -0.134. The molecule has 1 aliphatic carbocycles. The predicted molar refractivity (Wildman–Crippen MR) is 58.2 cm³/mol. The number of hydrogen-bond acceptors (Lipinski definition) is 2. The molecule has 1 aliphatic rings. The Morgan fingerprint density at radius 1 is 1.28 bits per heavy atom. The number of alkyl halides is 4. The molecule has 1 N–H and O–H groups in total. The molecule has 0 saturated heterocycles. The summed E-state index contributed by atoms with van der Waals surface area (Å²) in [5.41, 5.74) is 0. The van der Waals surface area contributed by atoms with E-state index in [4.69, 9.17) is 4.52 Å². The van der Waals surface area contributed by atoms with Crippen LogP contribution in [0.2, 0.25) is 0 Å². The van der Waals surface area contributed by atoms with Gasteiger partial charge >= 0.3 is 13.8 Å². The van der Waals surface area contributed by atoms with E-state index in [1.54, 1.807) is 0 Å². The fourth-order valence-electron chi connectivity index (χ4n) is 1.91. The minimum absolute atomic E-state index is 0.271. The van der Waals surface area contributed by atoms with Crippen molar-refractivity contribution < 1.29 is 31.5 Å². The fraction of sp³-hybridized carbons (Fsp3) is 1.00. The molecule has 3 nitrogen and oxygen atoms in total. The third-order valence-electron chi connectivity index (χ3n) is 2.82. The minimum atomic E-state index is -4.35. The molecule has 1 fully saturated rings. The molecule has 18 heavy (non-hydrogen) atoms. The Kier molecular flexibility index (Phi) is 5.62. The molecule has 0 aromatic heterocycles. The Bertz CT molecular complexity index is 308. The van der Waals surface area contributed by atoms with Gasteiger partial charge in [-0.05, 0) is 19.3 Å². The molecule has 0 bridgehead atoms. The van der Waals surface area contributed by atoms with Crippen LogP contribution in [0.25, 0.3) is 0 Å². The molecule has 0 aliphatic heterocycles. The van der Waals surface area contributed by atoms with Gasteiger partial charge in [-0.25, -0.2) is 4.39 Å². The number of rotatable bonds is 5.